The van der Waals surface area contributed by atoms with Crippen LogP contribution >= 0.6 is 0 Å². The second-order valence-corrected chi connectivity index (χ2v) is 8.94. The second kappa shape index (κ2) is 6.01. The maximum absolute atomic E-state index is 12.7. The monoisotopic (exact) mass is 347 g/mol. The molecule has 1 saturated carbocycles. The van der Waals surface area contributed by atoms with Gasteiger partial charge in [-0.1, -0.05) is 51.1 Å². The van der Waals surface area contributed by atoms with E-state index in [9.17, 15) is 8.42 Å². The molecule has 24 heavy (non-hydrogen) atoms. The lowest BCUT2D eigenvalue weighted by molar-refractivity contribution is 0.478. The molecule has 1 aliphatic rings. The third kappa shape index (κ3) is 2.89. The van der Waals surface area contributed by atoms with Crippen LogP contribution < -0.4 is 4.72 Å². The fourth-order valence-electron chi connectivity index (χ4n) is 3.58. The van der Waals surface area contributed by atoms with Crippen molar-refractivity contribution in [2.75, 3.05) is 6.54 Å². The maximum Gasteiger partial charge on any atom is 0.257 e. The van der Waals surface area contributed by atoms with Crippen LogP contribution in [0.4, 0.5) is 0 Å². The number of hydrogen-bond donors (Lipinski definition) is 1. The van der Waals surface area contributed by atoms with Gasteiger partial charge < -0.3 is 0 Å². The van der Waals surface area contributed by atoms with Crippen LogP contribution in [-0.2, 0) is 22.0 Å². The number of benzene rings is 1. The molecule has 1 aliphatic carbocycles. The average molecular weight is 347 g/mol. The molecule has 0 aliphatic heterocycles. The summed E-state index contributed by atoms with van der Waals surface area (Å²) in [5, 5.41) is 4.36. The maximum atomic E-state index is 12.7. The van der Waals surface area contributed by atoms with Crippen molar-refractivity contribution in [2.24, 2.45) is 5.41 Å². The van der Waals surface area contributed by atoms with Crippen molar-refractivity contribution in [1.29, 1.82) is 0 Å². The van der Waals surface area contributed by atoms with Gasteiger partial charge in [0.15, 0.2) is 5.03 Å². The van der Waals surface area contributed by atoms with Crippen molar-refractivity contribution in [3.63, 3.8) is 0 Å². The van der Waals surface area contributed by atoms with Crippen molar-refractivity contribution in [3.8, 4) is 0 Å². The Labute approximate surface area is 144 Å². The van der Waals surface area contributed by atoms with Crippen LogP contribution in [0.2, 0.25) is 0 Å². The Kier molecular flexibility index (Phi) is 4.30. The fourth-order valence-corrected chi connectivity index (χ4v) is 4.82. The number of aryl methyl sites for hydroxylation is 1. The zero-order chi connectivity index (χ0) is 17.4. The van der Waals surface area contributed by atoms with E-state index in [1.807, 2.05) is 25.1 Å². The Bertz CT molecular complexity index is 812. The minimum atomic E-state index is -3.57. The second-order valence-electron chi connectivity index (χ2n) is 7.23. The lowest BCUT2D eigenvalue weighted by Gasteiger charge is -2.22. The number of sulfonamides is 1. The Morgan fingerprint density at radius 2 is 1.88 bits per heavy atom. The van der Waals surface area contributed by atoms with E-state index in [4.69, 9.17) is 0 Å². The molecule has 0 amide bonds. The molecule has 130 valence electrons. The highest BCUT2D eigenvalue weighted by Gasteiger charge is 2.61. The summed E-state index contributed by atoms with van der Waals surface area (Å²) >= 11 is 0. The Morgan fingerprint density at radius 1 is 1.21 bits per heavy atom. The van der Waals surface area contributed by atoms with Crippen LogP contribution in [0.3, 0.4) is 0 Å². The van der Waals surface area contributed by atoms with E-state index in [2.05, 4.69) is 35.8 Å². The van der Waals surface area contributed by atoms with E-state index >= 15 is 0 Å². The van der Waals surface area contributed by atoms with Crippen LogP contribution in [0.1, 0.15) is 39.2 Å². The van der Waals surface area contributed by atoms with Crippen molar-refractivity contribution >= 4 is 10.0 Å². The molecule has 0 radical (unpaired) electrons. The molecular weight excluding hydrogens is 322 g/mol. The molecular formula is C18H25N3O2S. The van der Waals surface area contributed by atoms with Gasteiger partial charge in [0, 0.05) is 18.5 Å². The molecule has 0 spiro atoms. The van der Waals surface area contributed by atoms with E-state index in [1.165, 1.54) is 11.8 Å². The van der Waals surface area contributed by atoms with E-state index in [0.29, 0.717) is 13.1 Å². The van der Waals surface area contributed by atoms with Crippen molar-refractivity contribution in [3.05, 3.63) is 48.2 Å². The summed E-state index contributed by atoms with van der Waals surface area (Å²) in [6, 6.07) is 11.7. The molecule has 2 aromatic rings. The summed E-state index contributed by atoms with van der Waals surface area (Å²) in [5.41, 5.74) is 1.14. The van der Waals surface area contributed by atoms with Gasteiger partial charge in [0.05, 0.1) is 6.20 Å². The minimum Gasteiger partial charge on any atom is -0.253 e. The standard InChI is InChI=1S/C18H25N3O2S/c1-4-12-21-16(10-11-19-21)24(22,23)20-14-18(13-17(18,2)3)15-8-6-5-7-9-15/h5-11,20H,4,12-14H2,1-3H3/t18-/m0/s1. The lowest BCUT2D eigenvalue weighted by atomic mass is 9.88. The van der Waals surface area contributed by atoms with Crippen LogP contribution in [0.5, 0.6) is 0 Å². The van der Waals surface area contributed by atoms with Gasteiger partial charge in [-0.05, 0) is 29.9 Å². The van der Waals surface area contributed by atoms with Gasteiger partial charge in [0.25, 0.3) is 10.0 Å². The molecule has 1 aromatic carbocycles. The van der Waals surface area contributed by atoms with Crippen LogP contribution in [-0.4, -0.2) is 24.7 Å². The number of nitrogens with zero attached hydrogens (tertiary/aromatic N) is 2. The number of rotatable bonds is 7. The predicted molar refractivity (Wildman–Crippen MR) is 94.2 cm³/mol. The Balaban J connectivity index is 1.82. The summed E-state index contributed by atoms with van der Waals surface area (Å²) in [5.74, 6) is 0. The molecule has 0 bridgehead atoms. The number of hydrogen-bond acceptors (Lipinski definition) is 3. The molecule has 0 saturated heterocycles. The van der Waals surface area contributed by atoms with Gasteiger partial charge in [-0.15, -0.1) is 0 Å². The average Bonchev–Trinajstić information content (AvgIpc) is 2.88. The Morgan fingerprint density at radius 3 is 2.46 bits per heavy atom. The minimum absolute atomic E-state index is 0.0839. The van der Waals surface area contributed by atoms with Gasteiger partial charge in [0.1, 0.15) is 0 Å². The fraction of sp³-hybridized carbons (Fsp3) is 0.500. The first-order valence-corrected chi connectivity index (χ1v) is 9.88. The topological polar surface area (TPSA) is 64.0 Å². The molecule has 1 heterocycles. The zero-order valence-electron chi connectivity index (χ0n) is 14.5. The summed E-state index contributed by atoms with van der Waals surface area (Å²) in [7, 11) is -3.57. The summed E-state index contributed by atoms with van der Waals surface area (Å²) in [6.45, 7) is 7.39. The van der Waals surface area contributed by atoms with Crippen molar-refractivity contribution < 1.29 is 8.42 Å². The highest BCUT2D eigenvalue weighted by Crippen LogP contribution is 2.63. The van der Waals surface area contributed by atoms with Gasteiger partial charge >= 0.3 is 0 Å². The SMILES string of the molecule is CCCn1nccc1S(=O)(=O)NC[C@]1(c2ccccc2)CC1(C)C. The summed E-state index contributed by atoms with van der Waals surface area (Å²) in [6.07, 6.45) is 3.35. The van der Waals surface area contributed by atoms with E-state index in [0.717, 1.165) is 12.8 Å². The molecule has 1 N–H and O–H groups in total. The molecule has 5 nitrogen and oxygen atoms in total. The van der Waals surface area contributed by atoms with Crippen molar-refractivity contribution in [1.82, 2.24) is 14.5 Å². The van der Waals surface area contributed by atoms with Gasteiger partial charge in [-0.25, -0.2) is 13.1 Å². The predicted octanol–water partition coefficient (Wildman–Crippen LogP) is 2.94. The molecule has 0 unspecified atom stereocenters. The number of nitrogens with one attached hydrogen (secondary N) is 1. The zero-order valence-corrected chi connectivity index (χ0v) is 15.3. The Hall–Kier alpha value is -1.66. The van der Waals surface area contributed by atoms with E-state index in [1.54, 1.807) is 10.7 Å². The van der Waals surface area contributed by atoms with Gasteiger partial charge in [-0.3, -0.25) is 4.68 Å². The highest BCUT2D eigenvalue weighted by atomic mass is 32.2. The summed E-state index contributed by atoms with van der Waals surface area (Å²) < 4.78 is 29.8. The quantitative estimate of drug-likeness (QED) is 0.837. The first kappa shape index (κ1) is 17.2. The van der Waals surface area contributed by atoms with Crippen LogP contribution in [0, 0.1) is 5.41 Å². The van der Waals surface area contributed by atoms with Gasteiger partial charge in [-0.2, -0.15) is 5.10 Å². The largest absolute Gasteiger partial charge is 0.257 e. The molecule has 6 heteroatoms. The molecule has 1 fully saturated rings. The third-order valence-corrected chi connectivity index (χ3v) is 6.61. The molecule has 3 rings (SSSR count). The highest BCUT2D eigenvalue weighted by molar-refractivity contribution is 7.89. The smallest absolute Gasteiger partial charge is 0.253 e. The lowest BCUT2D eigenvalue weighted by Crippen LogP contribution is -2.35. The van der Waals surface area contributed by atoms with E-state index in [-0.39, 0.29) is 15.9 Å². The first-order chi connectivity index (χ1) is 11.3. The van der Waals surface area contributed by atoms with E-state index < -0.39 is 10.0 Å². The van der Waals surface area contributed by atoms with Crippen molar-refractivity contribution in [2.45, 2.75) is 50.6 Å². The molecule has 1 atom stereocenters. The van der Waals surface area contributed by atoms with Crippen LogP contribution in [0.15, 0.2) is 47.6 Å². The first-order valence-electron chi connectivity index (χ1n) is 8.39. The summed E-state index contributed by atoms with van der Waals surface area (Å²) in [4.78, 5) is 0. The number of aromatic nitrogens is 2. The molecule has 1 aromatic heterocycles. The van der Waals surface area contributed by atoms with Gasteiger partial charge in [0.2, 0.25) is 0 Å². The normalized spacial score (nSPS) is 22.5. The third-order valence-electron chi connectivity index (χ3n) is 5.19. The van der Waals surface area contributed by atoms with Crippen LogP contribution in [0.25, 0.3) is 0 Å².